The molecule has 6 nitrogen and oxygen atoms in total. The Morgan fingerprint density at radius 1 is 0.893 bits per heavy atom. The summed E-state index contributed by atoms with van der Waals surface area (Å²) in [5, 5.41) is 0. The third kappa shape index (κ3) is 6.90. The molecule has 2 heterocycles. The molecule has 0 spiro atoms. The maximum atomic E-state index is 6.70. The number of imidazole rings is 2. The van der Waals surface area contributed by atoms with Crippen LogP contribution >= 0.6 is 0 Å². The average Bonchev–Trinajstić information content (AvgIpc) is 3.54. The molecule has 2 aliphatic rings. The lowest BCUT2D eigenvalue weighted by Crippen LogP contribution is -2.16. The molecule has 2 aliphatic carbocycles. The first-order chi connectivity index (χ1) is 27.6. The van der Waals surface area contributed by atoms with Crippen molar-refractivity contribution in [2.45, 2.75) is 26.7 Å². The molecule has 6 aromatic rings. The molecule has 0 saturated heterocycles. The lowest BCUT2D eigenvalue weighted by Gasteiger charge is -2.29. The number of hydrogen-bond donors (Lipinski definition) is 1. The summed E-state index contributed by atoms with van der Waals surface area (Å²) in [6, 6.07) is 33.0. The van der Waals surface area contributed by atoms with Crippen LogP contribution in [0.5, 0.6) is 0 Å². The zero-order valence-electron chi connectivity index (χ0n) is 31.6. The van der Waals surface area contributed by atoms with Gasteiger partial charge in [0.2, 0.25) is 0 Å². The molecule has 0 radical (unpaired) electrons. The highest BCUT2D eigenvalue weighted by Crippen LogP contribution is 2.41. The van der Waals surface area contributed by atoms with E-state index >= 15 is 0 Å². The van der Waals surface area contributed by atoms with Gasteiger partial charge in [-0.15, -0.1) is 11.5 Å². The highest BCUT2D eigenvalue weighted by molar-refractivity contribution is 5.94. The Morgan fingerprint density at radius 2 is 1.68 bits per heavy atom. The molecule has 4 aromatic carbocycles. The van der Waals surface area contributed by atoms with E-state index in [1.165, 1.54) is 0 Å². The molecule has 272 valence electrons. The summed E-state index contributed by atoms with van der Waals surface area (Å²) in [6.07, 6.45) is 26.0. The lowest BCUT2D eigenvalue weighted by atomic mass is 10.0. The SMILES string of the molecule is C=C(c1cc(-c2nc3c(n2/C(=C/C=C=CC)CC)C=CC=CC3)cc(-c2nc3ccccc3n2C2=CC=C=CC=C2)c1)N(c1ccccc1)c1ccccc1N. The van der Waals surface area contributed by atoms with Gasteiger partial charge in [0.25, 0.3) is 0 Å². The van der Waals surface area contributed by atoms with Crippen molar-refractivity contribution in [3.63, 3.8) is 0 Å². The summed E-state index contributed by atoms with van der Waals surface area (Å²) < 4.78 is 4.51. The van der Waals surface area contributed by atoms with Crippen molar-refractivity contribution < 1.29 is 0 Å². The van der Waals surface area contributed by atoms with Gasteiger partial charge >= 0.3 is 0 Å². The van der Waals surface area contributed by atoms with Gasteiger partial charge in [-0.3, -0.25) is 9.13 Å². The molecule has 8 rings (SSSR count). The molecule has 0 saturated carbocycles. The number of allylic oxidation sites excluding steroid dienone is 11. The number of anilines is 3. The number of nitrogens with two attached hydrogens (primary N) is 1. The summed E-state index contributed by atoms with van der Waals surface area (Å²) in [5.41, 5.74) is 25.1. The fraction of sp³-hybridized carbons (Fsp3) is 0.0800. The second-order valence-corrected chi connectivity index (χ2v) is 13.4. The van der Waals surface area contributed by atoms with Crippen LogP contribution in [-0.2, 0) is 6.42 Å². The Hall–Kier alpha value is -7.36. The van der Waals surface area contributed by atoms with E-state index in [2.05, 4.69) is 123 Å². The number of nitrogens with zero attached hydrogens (tertiary/aromatic N) is 5. The smallest absolute Gasteiger partial charge is 0.145 e. The Balaban J connectivity index is 1.43. The van der Waals surface area contributed by atoms with E-state index < -0.39 is 0 Å². The van der Waals surface area contributed by atoms with E-state index in [-0.39, 0.29) is 0 Å². The Labute approximate surface area is 328 Å². The van der Waals surface area contributed by atoms with Gasteiger partial charge in [0.15, 0.2) is 0 Å². The van der Waals surface area contributed by atoms with Crippen LogP contribution in [0.25, 0.3) is 57.0 Å². The van der Waals surface area contributed by atoms with Crippen LogP contribution in [0.1, 0.15) is 37.2 Å². The van der Waals surface area contributed by atoms with E-state index in [1.807, 2.05) is 85.8 Å². The second kappa shape index (κ2) is 15.9. The Kier molecular flexibility index (Phi) is 10.1. The molecule has 0 fully saturated rings. The fourth-order valence-electron chi connectivity index (χ4n) is 7.25. The first kappa shape index (κ1) is 35.7. The number of fused-ring (bicyclic) bond motifs is 2. The predicted molar refractivity (Wildman–Crippen MR) is 236 cm³/mol. The van der Waals surface area contributed by atoms with E-state index in [0.29, 0.717) is 5.69 Å². The zero-order chi connectivity index (χ0) is 38.4. The predicted octanol–water partition coefficient (Wildman–Crippen LogP) is 12.2. The monoisotopic (exact) mass is 726 g/mol. The summed E-state index contributed by atoms with van der Waals surface area (Å²) in [5.74, 6) is 1.63. The highest BCUT2D eigenvalue weighted by Gasteiger charge is 2.24. The minimum absolute atomic E-state index is 0.649. The number of hydrogen-bond acceptors (Lipinski definition) is 4. The molecule has 56 heavy (non-hydrogen) atoms. The molecule has 0 atom stereocenters. The van der Waals surface area contributed by atoms with Crippen molar-refractivity contribution in [1.82, 2.24) is 19.1 Å². The molecule has 2 aromatic heterocycles. The standard InChI is InChI=1S/C50H42N6/c1-4-6-11-22-40(5-2)55-47-31-17-10-16-28-44(47)52-49(55)38-33-37(36(3)54(41-23-14-9-15-24-41)46-30-20-18-27-43(46)51)34-39(35-38)50-53-45-29-19-21-32-48(45)56(50)42-25-12-7-8-13-26-42/h4,7,9-27,29-35H,3,5,28,51H2,1-2H3/b40-22+. The molecule has 0 aliphatic heterocycles. The fourth-order valence-corrected chi connectivity index (χ4v) is 7.25. The van der Waals surface area contributed by atoms with Gasteiger partial charge in [-0.2, -0.15) is 0 Å². The van der Waals surface area contributed by atoms with Crippen molar-refractivity contribution in [1.29, 1.82) is 0 Å². The van der Waals surface area contributed by atoms with Gasteiger partial charge in [0.05, 0.1) is 33.8 Å². The average molecular weight is 727 g/mol. The number of para-hydroxylation sites is 5. The van der Waals surface area contributed by atoms with Crippen LogP contribution < -0.4 is 10.6 Å². The van der Waals surface area contributed by atoms with Crippen LogP contribution in [0.15, 0.2) is 182 Å². The first-order valence-electron chi connectivity index (χ1n) is 18.9. The van der Waals surface area contributed by atoms with Crippen molar-refractivity contribution in [3.8, 4) is 22.8 Å². The van der Waals surface area contributed by atoms with Crippen molar-refractivity contribution in [2.75, 3.05) is 10.6 Å². The third-order valence-corrected chi connectivity index (χ3v) is 9.86. The van der Waals surface area contributed by atoms with Crippen molar-refractivity contribution >= 4 is 51.3 Å². The van der Waals surface area contributed by atoms with Gasteiger partial charge in [-0.1, -0.05) is 80.3 Å². The number of rotatable bonds is 10. The highest BCUT2D eigenvalue weighted by atomic mass is 15.2. The second-order valence-electron chi connectivity index (χ2n) is 13.4. The number of aromatic nitrogens is 4. The quantitative estimate of drug-likeness (QED) is 0.0867. The lowest BCUT2D eigenvalue weighted by molar-refractivity contribution is 1.00. The normalized spacial score (nSPS) is 13.2. The number of nitrogen functional groups attached to an aromatic ring is 1. The summed E-state index contributed by atoms with van der Waals surface area (Å²) in [7, 11) is 0. The van der Waals surface area contributed by atoms with Gasteiger partial charge in [0, 0.05) is 40.3 Å². The van der Waals surface area contributed by atoms with Gasteiger partial charge in [0.1, 0.15) is 11.6 Å². The minimum atomic E-state index is 0.649. The molecule has 0 bridgehead atoms. The van der Waals surface area contributed by atoms with Crippen LogP contribution in [0.4, 0.5) is 17.1 Å². The van der Waals surface area contributed by atoms with Crippen LogP contribution in [0.3, 0.4) is 0 Å². The molecule has 0 amide bonds. The third-order valence-electron chi connectivity index (χ3n) is 9.86. The Morgan fingerprint density at radius 3 is 2.50 bits per heavy atom. The van der Waals surface area contributed by atoms with E-state index in [4.69, 9.17) is 22.3 Å². The molecule has 0 unspecified atom stereocenters. The van der Waals surface area contributed by atoms with Crippen molar-refractivity contribution in [2.24, 2.45) is 0 Å². The molecule has 6 heteroatoms. The Bertz CT molecular complexity index is 2760. The summed E-state index contributed by atoms with van der Waals surface area (Å²) >= 11 is 0. The molecule has 2 N–H and O–H groups in total. The van der Waals surface area contributed by atoms with Crippen molar-refractivity contribution in [3.05, 3.63) is 199 Å². The molecular weight excluding hydrogens is 685 g/mol. The summed E-state index contributed by atoms with van der Waals surface area (Å²) in [6.45, 7) is 8.93. The largest absolute Gasteiger partial charge is 0.397 e. The minimum Gasteiger partial charge on any atom is -0.397 e. The van der Waals surface area contributed by atoms with Gasteiger partial charge < -0.3 is 10.6 Å². The van der Waals surface area contributed by atoms with E-state index in [1.54, 1.807) is 0 Å². The maximum Gasteiger partial charge on any atom is 0.145 e. The number of benzene rings is 4. The summed E-state index contributed by atoms with van der Waals surface area (Å²) in [4.78, 5) is 12.8. The maximum absolute atomic E-state index is 6.70. The topological polar surface area (TPSA) is 64.9 Å². The molecular formula is C50H42N6. The first-order valence-corrected chi connectivity index (χ1v) is 18.9. The van der Waals surface area contributed by atoms with Gasteiger partial charge in [-0.05, 0) is 122 Å². The van der Waals surface area contributed by atoms with Gasteiger partial charge in [-0.25, -0.2) is 9.97 Å². The van der Waals surface area contributed by atoms with Crippen LogP contribution in [0.2, 0.25) is 0 Å². The van der Waals surface area contributed by atoms with Crippen LogP contribution in [-0.4, -0.2) is 19.1 Å². The van der Waals surface area contributed by atoms with E-state index in [9.17, 15) is 0 Å². The zero-order valence-corrected chi connectivity index (χ0v) is 31.6. The van der Waals surface area contributed by atoms with E-state index in [0.717, 1.165) is 92.1 Å². The van der Waals surface area contributed by atoms with Crippen LogP contribution in [0, 0.1) is 0 Å².